The molecule has 1 aliphatic rings. The monoisotopic (exact) mass is 355 g/mol. The number of anilines is 2. The number of hydrogen-bond donors (Lipinski definition) is 1. The summed E-state index contributed by atoms with van der Waals surface area (Å²) in [5.41, 5.74) is 1.09. The number of non-ortho nitro benzene ring substituents is 1. The number of nitrogens with zero attached hydrogens (tertiary/aromatic N) is 2. The van der Waals surface area contributed by atoms with Gasteiger partial charge in [0.05, 0.1) is 10.6 Å². The van der Waals surface area contributed by atoms with E-state index in [1.165, 1.54) is 24.3 Å². The van der Waals surface area contributed by atoms with Gasteiger partial charge in [-0.05, 0) is 30.7 Å². The molecular formula is C18H17N3O5. The van der Waals surface area contributed by atoms with Crippen molar-refractivity contribution in [1.82, 2.24) is 0 Å². The van der Waals surface area contributed by atoms with E-state index in [1.807, 2.05) is 6.92 Å². The predicted molar refractivity (Wildman–Crippen MR) is 95.6 cm³/mol. The Bertz CT molecular complexity index is 881. The Kier molecular flexibility index (Phi) is 4.83. The van der Waals surface area contributed by atoms with Gasteiger partial charge in [-0.15, -0.1) is 0 Å². The fourth-order valence-corrected chi connectivity index (χ4v) is 2.71. The Labute approximate surface area is 149 Å². The number of nitro benzene ring substituents is 1. The minimum Gasteiger partial charge on any atom is -0.482 e. The predicted octanol–water partition coefficient (Wildman–Crippen LogP) is 2.98. The Morgan fingerprint density at radius 3 is 2.85 bits per heavy atom. The second-order valence-corrected chi connectivity index (χ2v) is 5.78. The van der Waals surface area contributed by atoms with Gasteiger partial charge in [0, 0.05) is 29.9 Å². The molecule has 8 heteroatoms. The van der Waals surface area contributed by atoms with Crippen LogP contribution < -0.4 is 15.0 Å². The number of nitro groups is 1. The molecule has 0 bridgehead atoms. The lowest BCUT2D eigenvalue weighted by Gasteiger charge is -2.29. The van der Waals surface area contributed by atoms with E-state index in [4.69, 9.17) is 4.74 Å². The number of carbonyl (C=O) groups is 2. The first kappa shape index (κ1) is 17.4. The van der Waals surface area contributed by atoms with Crippen LogP contribution in [0.1, 0.15) is 23.7 Å². The molecule has 0 aromatic heterocycles. The third-order valence-corrected chi connectivity index (χ3v) is 3.93. The fraction of sp³-hybridized carbons (Fsp3) is 0.222. The van der Waals surface area contributed by atoms with Crippen molar-refractivity contribution in [3.05, 3.63) is 58.1 Å². The van der Waals surface area contributed by atoms with Crippen molar-refractivity contribution in [1.29, 1.82) is 0 Å². The number of nitrogens with one attached hydrogen (secondary N) is 1. The van der Waals surface area contributed by atoms with E-state index in [2.05, 4.69) is 5.32 Å². The lowest BCUT2D eigenvalue weighted by atomic mass is 10.1. The summed E-state index contributed by atoms with van der Waals surface area (Å²) in [7, 11) is 0. The maximum atomic E-state index is 12.4. The first-order valence-corrected chi connectivity index (χ1v) is 8.12. The molecular weight excluding hydrogens is 338 g/mol. The molecule has 1 aliphatic heterocycles. The highest BCUT2D eigenvalue weighted by Crippen LogP contribution is 2.34. The molecule has 0 saturated heterocycles. The van der Waals surface area contributed by atoms with Crippen LogP contribution in [0.25, 0.3) is 0 Å². The van der Waals surface area contributed by atoms with Gasteiger partial charge in [-0.1, -0.05) is 13.0 Å². The zero-order valence-electron chi connectivity index (χ0n) is 14.1. The average molecular weight is 355 g/mol. The highest BCUT2D eigenvalue weighted by atomic mass is 16.6. The van der Waals surface area contributed by atoms with Crippen molar-refractivity contribution < 1.29 is 19.2 Å². The highest BCUT2D eigenvalue weighted by Gasteiger charge is 2.25. The van der Waals surface area contributed by atoms with Crippen molar-refractivity contribution >= 4 is 28.9 Å². The number of hydrogen-bond acceptors (Lipinski definition) is 5. The number of rotatable bonds is 5. The second-order valence-electron chi connectivity index (χ2n) is 5.78. The molecule has 0 spiro atoms. The Hall–Kier alpha value is -3.42. The number of carbonyl (C=O) groups excluding carboxylic acids is 2. The molecule has 2 amide bonds. The zero-order valence-corrected chi connectivity index (χ0v) is 14.1. The Morgan fingerprint density at radius 1 is 1.31 bits per heavy atom. The van der Waals surface area contributed by atoms with Crippen LogP contribution in [0, 0.1) is 10.1 Å². The van der Waals surface area contributed by atoms with Gasteiger partial charge in [0.15, 0.2) is 6.61 Å². The Balaban J connectivity index is 1.85. The van der Waals surface area contributed by atoms with Gasteiger partial charge in [0.2, 0.25) is 0 Å². The lowest BCUT2D eigenvalue weighted by molar-refractivity contribution is -0.384. The maximum Gasteiger partial charge on any atom is 0.270 e. The van der Waals surface area contributed by atoms with E-state index in [-0.39, 0.29) is 23.8 Å². The van der Waals surface area contributed by atoms with Crippen LogP contribution in [0.2, 0.25) is 0 Å². The summed E-state index contributed by atoms with van der Waals surface area (Å²) < 4.78 is 5.42. The van der Waals surface area contributed by atoms with Crippen molar-refractivity contribution in [2.24, 2.45) is 0 Å². The summed E-state index contributed by atoms with van der Waals surface area (Å²) in [5, 5.41) is 13.5. The van der Waals surface area contributed by atoms with E-state index in [1.54, 1.807) is 23.1 Å². The van der Waals surface area contributed by atoms with Gasteiger partial charge >= 0.3 is 0 Å². The normalized spacial score (nSPS) is 13.0. The van der Waals surface area contributed by atoms with Crippen molar-refractivity contribution in [2.45, 2.75) is 13.3 Å². The van der Waals surface area contributed by atoms with Gasteiger partial charge in [-0.2, -0.15) is 0 Å². The summed E-state index contributed by atoms with van der Waals surface area (Å²) >= 11 is 0. The molecule has 134 valence electrons. The molecule has 26 heavy (non-hydrogen) atoms. The molecule has 2 aromatic carbocycles. The van der Waals surface area contributed by atoms with Gasteiger partial charge in [0.25, 0.3) is 17.5 Å². The summed E-state index contributed by atoms with van der Waals surface area (Å²) in [6.45, 7) is 2.51. The van der Waals surface area contributed by atoms with Gasteiger partial charge in [-0.25, -0.2) is 0 Å². The van der Waals surface area contributed by atoms with Gasteiger partial charge in [-0.3, -0.25) is 19.7 Å². The van der Waals surface area contributed by atoms with Crippen molar-refractivity contribution in [3.8, 4) is 5.75 Å². The number of benzene rings is 2. The number of ether oxygens (including phenoxy) is 1. The molecule has 2 aromatic rings. The van der Waals surface area contributed by atoms with E-state index in [0.29, 0.717) is 23.7 Å². The molecule has 1 N–H and O–H groups in total. The largest absolute Gasteiger partial charge is 0.482 e. The third kappa shape index (κ3) is 3.49. The summed E-state index contributed by atoms with van der Waals surface area (Å²) in [6.07, 6.45) is 0.787. The van der Waals surface area contributed by atoms with Crippen LogP contribution in [0.4, 0.5) is 17.1 Å². The van der Waals surface area contributed by atoms with E-state index in [0.717, 1.165) is 6.42 Å². The molecule has 3 rings (SSSR count). The molecule has 0 unspecified atom stereocenters. The molecule has 0 fully saturated rings. The van der Waals surface area contributed by atoms with E-state index in [9.17, 15) is 19.7 Å². The van der Waals surface area contributed by atoms with E-state index >= 15 is 0 Å². The van der Waals surface area contributed by atoms with Crippen molar-refractivity contribution in [3.63, 3.8) is 0 Å². The standard InChI is InChI=1S/C18H17N3O5/c1-2-8-20-15-10-13(6-7-16(15)26-11-17(20)22)19-18(23)12-4-3-5-14(9-12)21(24)25/h3-7,9-10H,2,8,11H2,1H3,(H,19,23). The molecule has 0 radical (unpaired) electrons. The van der Waals surface area contributed by atoms with Crippen molar-refractivity contribution in [2.75, 3.05) is 23.4 Å². The topological polar surface area (TPSA) is 102 Å². The third-order valence-electron chi connectivity index (χ3n) is 3.93. The van der Waals surface area contributed by atoms with Crippen LogP contribution in [0.5, 0.6) is 5.75 Å². The summed E-state index contributed by atoms with van der Waals surface area (Å²) in [4.78, 5) is 36.4. The lowest BCUT2D eigenvalue weighted by Crippen LogP contribution is -2.39. The molecule has 0 saturated carbocycles. The SMILES string of the molecule is CCCN1C(=O)COc2ccc(NC(=O)c3cccc([N+](=O)[O-])c3)cc21. The average Bonchev–Trinajstić information content (AvgIpc) is 2.64. The summed E-state index contributed by atoms with van der Waals surface area (Å²) in [6, 6.07) is 10.5. The molecule has 1 heterocycles. The van der Waals surface area contributed by atoms with Crippen LogP contribution >= 0.6 is 0 Å². The number of amides is 2. The molecule has 8 nitrogen and oxygen atoms in total. The number of fused-ring (bicyclic) bond motifs is 1. The first-order valence-electron chi connectivity index (χ1n) is 8.12. The van der Waals surface area contributed by atoms with Crippen LogP contribution in [0.15, 0.2) is 42.5 Å². The zero-order chi connectivity index (χ0) is 18.7. The quantitative estimate of drug-likeness (QED) is 0.656. The smallest absolute Gasteiger partial charge is 0.270 e. The molecule has 0 atom stereocenters. The fourth-order valence-electron chi connectivity index (χ4n) is 2.71. The Morgan fingerprint density at radius 2 is 2.12 bits per heavy atom. The van der Waals surface area contributed by atoms with Gasteiger partial charge in [0.1, 0.15) is 5.75 Å². The maximum absolute atomic E-state index is 12.4. The first-order chi connectivity index (χ1) is 12.5. The van der Waals surface area contributed by atoms with Crippen LogP contribution in [-0.4, -0.2) is 29.9 Å². The molecule has 0 aliphatic carbocycles. The van der Waals surface area contributed by atoms with Crippen LogP contribution in [0.3, 0.4) is 0 Å². The van der Waals surface area contributed by atoms with E-state index < -0.39 is 10.8 Å². The minimum absolute atomic E-state index is 0.00755. The highest BCUT2D eigenvalue weighted by molar-refractivity contribution is 6.05. The van der Waals surface area contributed by atoms with Gasteiger partial charge < -0.3 is 15.0 Å². The minimum atomic E-state index is -0.554. The van der Waals surface area contributed by atoms with Crippen LogP contribution in [-0.2, 0) is 4.79 Å². The summed E-state index contributed by atoms with van der Waals surface area (Å²) in [5.74, 6) is -0.0355. The second kappa shape index (κ2) is 7.22.